The zero-order valence-corrected chi connectivity index (χ0v) is 13.3. The van der Waals surface area contributed by atoms with Gasteiger partial charge in [-0.05, 0) is 23.1 Å². The van der Waals surface area contributed by atoms with Gasteiger partial charge < -0.3 is 0 Å². The lowest BCUT2D eigenvalue weighted by atomic mass is 9.97. The van der Waals surface area contributed by atoms with Crippen molar-refractivity contribution in [3.05, 3.63) is 46.3 Å². The molecule has 1 atom stereocenters. The smallest absolute Gasteiger partial charge is 0.139 e. The first-order valence-electron chi connectivity index (χ1n) is 6.92. The quantitative estimate of drug-likeness (QED) is 0.498. The maximum Gasteiger partial charge on any atom is 0.139 e. The van der Waals surface area contributed by atoms with Crippen molar-refractivity contribution in [3.8, 4) is 0 Å². The number of nitrogens with zero attached hydrogens (tertiary/aromatic N) is 4. The third-order valence-electron chi connectivity index (χ3n) is 3.97. The molecule has 1 aliphatic rings. The van der Waals surface area contributed by atoms with Gasteiger partial charge in [-0.3, -0.25) is 5.01 Å². The second-order valence-electron chi connectivity index (χ2n) is 5.41. The highest BCUT2D eigenvalue weighted by molar-refractivity contribution is 6.39. The standard InChI is InChI=1S/C16H12Cl2N4/c1-22-8-10(7-20-22)9-2-3-11-12(6-9)14-13(21-15(11)17)4-5-19-16(14)18/h2-7,10H,8H2,1H3. The lowest BCUT2D eigenvalue weighted by Gasteiger charge is -2.13. The first kappa shape index (κ1) is 13.7. The van der Waals surface area contributed by atoms with Crippen LogP contribution in [0.25, 0.3) is 21.7 Å². The van der Waals surface area contributed by atoms with Crippen LogP contribution in [0.5, 0.6) is 0 Å². The fraction of sp³-hybridized carbons (Fsp3) is 0.188. The van der Waals surface area contributed by atoms with Crippen LogP contribution in [0.2, 0.25) is 10.3 Å². The van der Waals surface area contributed by atoms with Crippen molar-refractivity contribution < 1.29 is 0 Å². The highest BCUT2D eigenvalue weighted by Gasteiger charge is 2.18. The van der Waals surface area contributed by atoms with Crippen molar-refractivity contribution in [2.24, 2.45) is 5.10 Å². The molecule has 0 aliphatic carbocycles. The second-order valence-corrected chi connectivity index (χ2v) is 6.13. The monoisotopic (exact) mass is 330 g/mol. The Morgan fingerprint density at radius 2 is 2.00 bits per heavy atom. The molecule has 3 aromatic rings. The molecule has 110 valence electrons. The van der Waals surface area contributed by atoms with E-state index >= 15 is 0 Å². The minimum absolute atomic E-state index is 0.270. The molecular weight excluding hydrogens is 319 g/mol. The van der Waals surface area contributed by atoms with Gasteiger partial charge in [0.05, 0.1) is 5.52 Å². The van der Waals surface area contributed by atoms with Crippen LogP contribution in [0.3, 0.4) is 0 Å². The molecule has 4 rings (SSSR count). The van der Waals surface area contributed by atoms with Gasteiger partial charge in [0, 0.05) is 42.7 Å². The molecule has 1 aliphatic heterocycles. The number of halogens is 2. The Labute approximate surface area is 137 Å². The first-order valence-corrected chi connectivity index (χ1v) is 7.67. The van der Waals surface area contributed by atoms with Crippen LogP contribution in [0, 0.1) is 0 Å². The predicted octanol–water partition coefficient (Wildman–Crippen LogP) is 4.10. The lowest BCUT2D eigenvalue weighted by molar-refractivity contribution is 0.381. The molecule has 0 bridgehead atoms. The van der Waals surface area contributed by atoms with E-state index in [0.29, 0.717) is 10.3 Å². The van der Waals surface area contributed by atoms with Crippen LogP contribution in [-0.2, 0) is 0 Å². The average Bonchev–Trinajstić information content (AvgIpc) is 2.93. The summed E-state index contributed by atoms with van der Waals surface area (Å²) in [7, 11) is 1.97. The summed E-state index contributed by atoms with van der Waals surface area (Å²) in [5.74, 6) is 0.270. The number of hydrogen-bond donors (Lipinski definition) is 0. The Morgan fingerprint density at radius 1 is 1.14 bits per heavy atom. The molecule has 1 aromatic carbocycles. The van der Waals surface area contributed by atoms with E-state index in [0.717, 1.165) is 28.2 Å². The normalized spacial score (nSPS) is 17.8. The van der Waals surface area contributed by atoms with Gasteiger partial charge in [-0.15, -0.1) is 0 Å². The minimum atomic E-state index is 0.270. The lowest BCUT2D eigenvalue weighted by Crippen LogP contribution is -2.11. The van der Waals surface area contributed by atoms with Crippen LogP contribution >= 0.6 is 23.2 Å². The van der Waals surface area contributed by atoms with Crippen LogP contribution in [0.1, 0.15) is 11.5 Å². The van der Waals surface area contributed by atoms with E-state index in [2.05, 4.69) is 27.2 Å². The summed E-state index contributed by atoms with van der Waals surface area (Å²) in [4.78, 5) is 8.58. The van der Waals surface area contributed by atoms with Gasteiger partial charge in [0.25, 0.3) is 0 Å². The molecule has 0 fully saturated rings. The van der Waals surface area contributed by atoms with Crippen LogP contribution in [0.15, 0.2) is 35.6 Å². The number of rotatable bonds is 1. The van der Waals surface area contributed by atoms with Crippen LogP contribution < -0.4 is 0 Å². The SMILES string of the molecule is CN1CC(c2ccc3c(Cl)nc4ccnc(Cl)c4c3c2)C=N1. The van der Waals surface area contributed by atoms with Crippen LogP contribution in [0.4, 0.5) is 0 Å². The second kappa shape index (κ2) is 5.07. The Bertz CT molecular complexity index is 923. The van der Waals surface area contributed by atoms with Gasteiger partial charge in [0.2, 0.25) is 0 Å². The van der Waals surface area contributed by atoms with Crippen molar-refractivity contribution in [1.29, 1.82) is 0 Å². The van der Waals surface area contributed by atoms with Gasteiger partial charge in [-0.25, -0.2) is 9.97 Å². The summed E-state index contributed by atoms with van der Waals surface area (Å²) < 4.78 is 0. The van der Waals surface area contributed by atoms with Crippen molar-refractivity contribution in [2.75, 3.05) is 13.6 Å². The average molecular weight is 331 g/mol. The van der Waals surface area contributed by atoms with Crippen molar-refractivity contribution in [2.45, 2.75) is 5.92 Å². The fourth-order valence-electron chi connectivity index (χ4n) is 2.88. The third-order valence-corrected chi connectivity index (χ3v) is 4.54. The Morgan fingerprint density at radius 3 is 2.77 bits per heavy atom. The van der Waals surface area contributed by atoms with E-state index < -0.39 is 0 Å². The minimum Gasteiger partial charge on any atom is -0.299 e. The molecule has 0 N–H and O–H groups in total. The molecule has 0 amide bonds. The number of likely N-dealkylation sites (N-methyl/N-ethyl adjacent to an activating group) is 1. The first-order chi connectivity index (χ1) is 10.6. The predicted molar refractivity (Wildman–Crippen MR) is 90.9 cm³/mol. The number of hydrazone groups is 1. The summed E-state index contributed by atoms with van der Waals surface area (Å²) in [6.07, 6.45) is 3.61. The molecule has 1 unspecified atom stereocenters. The molecule has 0 spiro atoms. The van der Waals surface area contributed by atoms with E-state index in [-0.39, 0.29) is 5.92 Å². The molecule has 3 heterocycles. The van der Waals surface area contributed by atoms with Gasteiger partial charge in [0.1, 0.15) is 10.3 Å². The molecule has 0 radical (unpaired) electrons. The van der Waals surface area contributed by atoms with Gasteiger partial charge in [0.15, 0.2) is 0 Å². The summed E-state index contributed by atoms with van der Waals surface area (Å²) in [6.45, 7) is 0.869. The van der Waals surface area contributed by atoms with E-state index in [4.69, 9.17) is 23.2 Å². The summed E-state index contributed by atoms with van der Waals surface area (Å²) >= 11 is 12.6. The highest BCUT2D eigenvalue weighted by Crippen LogP contribution is 2.34. The Kier molecular flexibility index (Phi) is 3.17. The molecule has 2 aromatic heterocycles. The highest BCUT2D eigenvalue weighted by atomic mass is 35.5. The summed E-state index contributed by atoms with van der Waals surface area (Å²) in [6, 6.07) is 8.01. The molecule has 0 saturated carbocycles. The van der Waals surface area contributed by atoms with E-state index in [1.54, 1.807) is 6.20 Å². The largest absolute Gasteiger partial charge is 0.299 e. The van der Waals surface area contributed by atoms with E-state index in [1.165, 1.54) is 5.56 Å². The zero-order valence-electron chi connectivity index (χ0n) is 11.8. The Hall–Kier alpha value is -1.91. The van der Waals surface area contributed by atoms with Crippen molar-refractivity contribution >= 4 is 51.1 Å². The van der Waals surface area contributed by atoms with E-state index in [1.807, 2.05) is 30.4 Å². The summed E-state index contributed by atoms with van der Waals surface area (Å²) in [5.41, 5.74) is 1.94. The third kappa shape index (κ3) is 2.11. The molecule has 4 nitrogen and oxygen atoms in total. The summed E-state index contributed by atoms with van der Waals surface area (Å²) in [5, 5.41) is 9.87. The molecule has 6 heteroatoms. The van der Waals surface area contributed by atoms with Crippen molar-refractivity contribution in [3.63, 3.8) is 0 Å². The zero-order chi connectivity index (χ0) is 15.3. The molecule has 0 saturated heterocycles. The maximum atomic E-state index is 6.31. The van der Waals surface area contributed by atoms with Crippen molar-refractivity contribution in [1.82, 2.24) is 15.0 Å². The maximum absolute atomic E-state index is 6.31. The number of pyridine rings is 2. The molecular formula is C16H12Cl2N4. The number of fused-ring (bicyclic) bond motifs is 3. The Balaban J connectivity index is 2.01. The number of hydrogen-bond acceptors (Lipinski definition) is 4. The van der Waals surface area contributed by atoms with Gasteiger partial charge >= 0.3 is 0 Å². The fourth-order valence-corrected chi connectivity index (χ4v) is 3.39. The topological polar surface area (TPSA) is 41.4 Å². The van der Waals surface area contributed by atoms with Crippen LogP contribution in [-0.4, -0.2) is 34.8 Å². The van der Waals surface area contributed by atoms with Gasteiger partial charge in [-0.1, -0.05) is 35.3 Å². The number of aromatic nitrogens is 2. The van der Waals surface area contributed by atoms with E-state index in [9.17, 15) is 0 Å². The molecule has 22 heavy (non-hydrogen) atoms. The number of benzene rings is 1. The van der Waals surface area contributed by atoms with Gasteiger partial charge in [-0.2, -0.15) is 5.10 Å².